The Balaban J connectivity index is 1.30. The van der Waals surface area contributed by atoms with Crippen molar-refractivity contribution in [1.29, 1.82) is 0 Å². The predicted octanol–water partition coefficient (Wildman–Crippen LogP) is 2.05. The van der Waals surface area contributed by atoms with E-state index in [0.717, 1.165) is 5.69 Å². The number of nitrogens with one attached hydrogen (secondary N) is 4. The number of carbonyl (C=O) groups is 2. The molecule has 0 aliphatic rings. The van der Waals surface area contributed by atoms with Gasteiger partial charge in [-0.2, -0.15) is 5.10 Å². The summed E-state index contributed by atoms with van der Waals surface area (Å²) < 4.78 is 0. The first-order valence-corrected chi connectivity index (χ1v) is 9.82. The second-order valence-corrected chi connectivity index (χ2v) is 6.70. The molecule has 156 valence electrons. The average molecular weight is 408 g/mol. The fourth-order valence-electron chi connectivity index (χ4n) is 2.89. The molecule has 4 N–H and O–H groups in total. The van der Waals surface area contributed by atoms with Crippen LogP contribution in [0.5, 0.6) is 0 Å². The third-order valence-electron chi connectivity index (χ3n) is 4.38. The number of nitrogens with zero attached hydrogens (tertiary/aromatic N) is 2. The number of rotatable bonds is 10. The van der Waals surface area contributed by atoms with Gasteiger partial charge in [0, 0.05) is 37.8 Å². The van der Waals surface area contributed by atoms with Crippen molar-refractivity contribution in [1.82, 2.24) is 20.5 Å². The molecule has 0 spiro atoms. The van der Waals surface area contributed by atoms with E-state index in [0.29, 0.717) is 55.5 Å². The summed E-state index contributed by atoms with van der Waals surface area (Å²) >= 11 is 0. The highest BCUT2D eigenvalue weighted by atomic mass is 16.2. The molecule has 0 saturated heterocycles. The number of H-pyrrole nitrogens is 1. The third-order valence-corrected chi connectivity index (χ3v) is 4.38. The van der Waals surface area contributed by atoms with Crippen molar-refractivity contribution >= 4 is 34.2 Å². The van der Waals surface area contributed by atoms with Gasteiger partial charge in [-0.05, 0) is 37.1 Å². The first kappa shape index (κ1) is 21.0. The number of hydrogen-bond acceptors (Lipinski definition) is 6. The number of aromatic amines is 1. The molecule has 0 aliphatic heterocycles. The summed E-state index contributed by atoms with van der Waals surface area (Å²) in [6.45, 7) is 1.06. The molecule has 0 unspecified atom stereocenters. The van der Waals surface area contributed by atoms with E-state index in [-0.39, 0.29) is 17.4 Å². The predicted molar refractivity (Wildman–Crippen MR) is 115 cm³/mol. The maximum absolute atomic E-state index is 11.9. The van der Waals surface area contributed by atoms with Gasteiger partial charge in [0.25, 0.3) is 5.56 Å². The van der Waals surface area contributed by atoms with E-state index < -0.39 is 0 Å². The normalized spacial score (nSPS) is 10.5. The van der Waals surface area contributed by atoms with Gasteiger partial charge in [-0.1, -0.05) is 18.2 Å². The minimum atomic E-state index is -0.284. The van der Waals surface area contributed by atoms with Gasteiger partial charge < -0.3 is 16.0 Å². The van der Waals surface area contributed by atoms with Crippen LogP contribution >= 0.6 is 0 Å². The number of amides is 2. The topological polar surface area (TPSA) is 129 Å². The number of hydrogen-bond donors (Lipinski definition) is 4. The highest BCUT2D eigenvalue weighted by Crippen LogP contribution is 2.13. The Morgan fingerprint density at radius 3 is 2.57 bits per heavy atom. The second kappa shape index (κ2) is 10.7. The van der Waals surface area contributed by atoms with E-state index in [4.69, 9.17) is 0 Å². The van der Waals surface area contributed by atoms with Crippen LogP contribution in [0.4, 0.5) is 11.5 Å². The molecule has 1 aromatic carbocycles. The Morgan fingerprint density at radius 2 is 1.73 bits per heavy atom. The van der Waals surface area contributed by atoms with Gasteiger partial charge in [0.2, 0.25) is 11.8 Å². The fraction of sp³-hybridized carbons (Fsp3) is 0.286. The molecule has 2 amide bonds. The Kier molecular flexibility index (Phi) is 7.48. The van der Waals surface area contributed by atoms with Crippen molar-refractivity contribution in [2.75, 3.05) is 23.7 Å². The lowest BCUT2D eigenvalue weighted by atomic mass is 10.2. The smallest absolute Gasteiger partial charge is 0.273 e. The van der Waals surface area contributed by atoms with Crippen molar-refractivity contribution in [3.63, 3.8) is 0 Å². The zero-order valence-electron chi connectivity index (χ0n) is 16.5. The third kappa shape index (κ3) is 6.13. The van der Waals surface area contributed by atoms with Gasteiger partial charge in [0.15, 0.2) is 5.82 Å². The SMILES string of the molecule is O=C(CCCC(=O)Nc1ccccc1)NCCCNc1n[nH]c(=O)c2cccnc12. The van der Waals surface area contributed by atoms with Crippen molar-refractivity contribution in [2.45, 2.75) is 25.7 Å². The van der Waals surface area contributed by atoms with E-state index >= 15 is 0 Å². The summed E-state index contributed by atoms with van der Waals surface area (Å²) in [7, 11) is 0. The van der Waals surface area contributed by atoms with Crippen molar-refractivity contribution in [3.8, 4) is 0 Å². The van der Waals surface area contributed by atoms with Gasteiger partial charge in [-0.15, -0.1) is 0 Å². The molecule has 30 heavy (non-hydrogen) atoms. The van der Waals surface area contributed by atoms with Crippen LogP contribution in [0.3, 0.4) is 0 Å². The van der Waals surface area contributed by atoms with Crippen LogP contribution in [-0.4, -0.2) is 40.1 Å². The van der Waals surface area contributed by atoms with Gasteiger partial charge in [0.05, 0.1) is 5.39 Å². The van der Waals surface area contributed by atoms with Crippen molar-refractivity contribution in [3.05, 3.63) is 59.0 Å². The van der Waals surface area contributed by atoms with Gasteiger partial charge in [-0.3, -0.25) is 19.4 Å². The number of para-hydroxylation sites is 1. The lowest BCUT2D eigenvalue weighted by Gasteiger charge is -2.08. The molecule has 9 nitrogen and oxygen atoms in total. The van der Waals surface area contributed by atoms with Crippen molar-refractivity contribution < 1.29 is 9.59 Å². The molecule has 3 rings (SSSR count). The summed E-state index contributed by atoms with van der Waals surface area (Å²) in [5.74, 6) is 0.310. The van der Waals surface area contributed by atoms with Gasteiger partial charge >= 0.3 is 0 Å². The summed E-state index contributed by atoms with van der Waals surface area (Å²) in [4.78, 5) is 39.7. The largest absolute Gasteiger partial charge is 0.367 e. The number of fused-ring (bicyclic) bond motifs is 1. The van der Waals surface area contributed by atoms with E-state index in [1.165, 1.54) is 0 Å². The number of anilines is 2. The molecule has 0 aliphatic carbocycles. The maximum atomic E-state index is 11.9. The molecule has 0 saturated carbocycles. The lowest BCUT2D eigenvalue weighted by molar-refractivity contribution is -0.121. The monoisotopic (exact) mass is 408 g/mol. The summed E-state index contributed by atoms with van der Waals surface area (Å²) in [6.07, 6.45) is 3.36. The molecular formula is C21H24N6O3. The Bertz CT molecular complexity index is 1050. The second-order valence-electron chi connectivity index (χ2n) is 6.70. The Morgan fingerprint density at radius 1 is 0.933 bits per heavy atom. The van der Waals surface area contributed by atoms with E-state index in [1.54, 1.807) is 18.3 Å². The Hall–Kier alpha value is -3.75. The van der Waals surface area contributed by atoms with Crippen LogP contribution in [0.25, 0.3) is 10.9 Å². The van der Waals surface area contributed by atoms with Crippen LogP contribution in [0.2, 0.25) is 0 Å². The zero-order valence-corrected chi connectivity index (χ0v) is 16.5. The molecule has 2 aromatic heterocycles. The minimum absolute atomic E-state index is 0.0863. The molecule has 0 atom stereocenters. The van der Waals surface area contributed by atoms with Gasteiger partial charge in [0.1, 0.15) is 5.52 Å². The summed E-state index contributed by atoms with van der Waals surface area (Å²) in [6, 6.07) is 12.6. The number of carbonyl (C=O) groups excluding carboxylic acids is 2. The Labute approximate surface area is 173 Å². The molecule has 3 aromatic rings. The molecule has 0 fully saturated rings. The van der Waals surface area contributed by atoms with Gasteiger partial charge in [-0.25, -0.2) is 5.10 Å². The lowest BCUT2D eigenvalue weighted by Crippen LogP contribution is -2.26. The molecule has 0 bridgehead atoms. The summed E-state index contributed by atoms with van der Waals surface area (Å²) in [5, 5.41) is 15.7. The number of benzene rings is 1. The van der Waals surface area contributed by atoms with Crippen molar-refractivity contribution in [2.24, 2.45) is 0 Å². The summed E-state index contributed by atoms with van der Waals surface area (Å²) in [5.41, 5.74) is 0.979. The van der Waals surface area contributed by atoms with Crippen LogP contribution in [0.1, 0.15) is 25.7 Å². The highest BCUT2D eigenvalue weighted by Gasteiger charge is 2.07. The van der Waals surface area contributed by atoms with E-state index in [9.17, 15) is 14.4 Å². The molecule has 9 heteroatoms. The fourth-order valence-corrected chi connectivity index (χ4v) is 2.89. The van der Waals surface area contributed by atoms with Crippen LogP contribution in [0.15, 0.2) is 53.5 Å². The first-order valence-electron chi connectivity index (χ1n) is 9.82. The van der Waals surface area contributed by atoms with Crippen LogP contribution < -0.4 is 21.5 Å². The zero-order chi connectivity index (χ0) is 21.2. The first-order chi connectivity index (χ1) is 14.6. The number of pyridine rings is 1. The number of aromatic nitrogens is 3. The van der Waals surface area contributed by atoms with E-state index in [1.807, 2.05) is 30.3 Å². The maximum Gasteiger partial charge on any atom is 0.273 e. The molecule has 0 radical (unpaired) electrons. The quantitative estimate of drug-likeness (QED) is 0.380. The average Bonchev–Trinajstić information content (AvgIpc) is 2.76. The molecule has 2 heterocycles. The van der Waals surface area contributed by atoms with Crippen LogP contribution in [0, 0.1) is 0 Å². The minimum Gasteiger partial charge on any atom is -0.367 e. The van der Waals surface area contributed by atoms with E-state index in [2.05, 4.69) is 31.1 Å². The highest BCUT2D eigenvalue weighted by molar-refractivity contribution is 5.91. The van der Waals surface area contributed by atoms with Crippen LogP contribution in [-0.2, 0) is 9.59 Å². The molecular weight excluding hydrogens is 384 g/mol. The standard InChI is InChI=1S/C21H24N6O3/c28-17(10-4-11-18(29)25-15-7-2-1-3-8-15)22-13-6-14-24-20-19-16(9-5-12-23-19)21(30)27-26-20/h1-3,5,7-9,12H,4,6,10-11,13-14H2,(H,22,28)(H,24,26)(H,25,29)(H,27,30).